The molecule has 0 bridgehead atoms. The predicted octanol–water partition coefficient (Wildman–Crippen LogP) is 11.4. The summed E-state index contributed by atoms with van der Waals surface area (Å²) in [5, 5.41) is 10.4. The summed E-state index contributed by atoms with van der Waals surface area (Å²) in [6.45, 7) is 0. The Balaban J connectivity index is 1.51. The zero-order chi connectivity index (χ0) is 28.1. The van der Waals surface area contributed by atoms with Gasteiger partial charge >= 0.3 is 0 Å². The van der Waals surface area contributed by atoms with Crippen LogP contribution in [0.25, 0.3) is 85.9 Å². The van der Waals surface area contributed by atoms with E-state index >= 15 is 0 Å². The highest BCUT2D eigenvalue weighted by molar-refractivity contribution is 7.25. The zero-order valence-corrected chi connectivity index (χ0v) is 24.0. The molecular weight excluding hydrogens is 541 g/mol. The van der Waals surface area contributed by atoms with Crippen LogP contribution in [0.5, 0.6) is 0 Å². The lowest BCUT2D eigenvalue weighted by molar-refractivity contribution is 1.15. The second-order valence-electron chi connectivity index (χ2n) is 11.3. The van der Waals surface area contributed by atoms with E-state index in [1.807, 2.05) is 11.3 Å². The van der Waals surface area contributed by atoms with Gasteiger partial charge in [0.1, 0.15) is 0 Å². The molecule has 0 saturated carbocycles. The van der Waals surface area contributed by atoms with Gasteiger partial charge in [-0.2, -0.15) is 0 Å². The van der Waals surface area contributed by atoms with Gasteiger partial charge in [-0.25, -0.2) is 0 Å². The van der Waals surface area contributed by atoms with Crippen LogP contribution >= 0.6 is 11.3 Å². The van der Waals surface area contributed by atoms with Crippen molar-refractivity contribution in [2.24, 2.45) is 0 Å². The topological polar surface area (TPSA) is 9.86 Å². The largest absolute Gasteiger partial charge is 0.307 e. The maximum absolute atomic E-state index is 2.52. The van der Waals surface area contributed by atoms with Crippen molar-refractivity contribution in [3.8, 4) is 11.4 Å². The Kier molecular flexibility index (Phi) is 4.63. The summed E-state index contributed by atoms with van der Waals surface area (Å²) in [6.07, 6.45) is 0. The molecule has 0 saturated heterocycles. The van der Waals surface area contributed by atoms with Crippen molar-refractivity contribution >= 4 is 85.9 Å². The molecule has 0 N–H and O–H groups in total. The molecule has 0 aliphatic heterocycles. The van der Waals surface area contributed by atoms with E-state index < -0.39 is 0 Å². The fraction of sp³-hybridized carbons (Fsp3) is 0. The smallest absolute Gasteiger partial charge is 0.0795 e. The first-order chi connectivity index (χ1) is 21.4. The molecule has 0 aliphatic rings. The number of benzene rings is 7. The van der Waals surface area contributed by atoms with Crippen LogP contribution in [0, 0.1) is 0 Å². The fourth-order valence-electron chi connectivity index (χ4n) is 7.36. The molecule has 0 radical (unpaired) electrons. The van der Waals surface area contributed by atoms with Crippen molar-refractivity contribution in [3.63, 3.8) is 0 Å². The van der Waals surface area contributed by atoms with E-state index in [0.29, 0.717) is 0 Å². The first kappa shape index (κ1) is 23.2. The number of thiophene rings is 1. The third-order valence-corrected chi connectivity index (χ3v) is 10.2. The number of para-hydroxylation sites is 3. The van der Waals surface area contributed by atoms with Gasteiger partial charge in [0.25, 0.3) is 0 Å². The van der Waals surface area contributed by atoms with Gasteiger partial charge in [0.05, 0.1) is 22.1 Å². The summed E-state index contributed by atoms with van der Waals surface area (Å²) in [7, 11) is 0. The van der Waals surface area contributed by atoms with E-state index in [1.165, 1.54) is 85.9 Å². The lowest BCUT2D eigenvalue weighted by Crippen LogP contribution is -1.99. The highest BCUT2D eigenvalue weighted by Crippen LogP contribution is 2.47. The van der Waals surface area contributed by atoms with E-state index in [4.69, 9.17) is 0 Å². The first-order valence-electron chi connectivity index (χ1n) is 14.7. The summed E-state index contributed by atoms with van der Waals surface area (Å²) in [5.41, 5.74) is 7.28. The molecule has 0 unspecified atom stereocenters. The molecule has 200 valence electrons. The number of fused-ring (bicyclic) bond motifs is 13. The highest BCUT2D eigenvalue weighted by Gasteiger charge is 2.24. The molecule has 3 aromatic heterocycles. The number of nitrogens with zero attached hydrogens (tertiary/aromatic N) is 2. The first-order valence-corrected chi connectivity index (χ1v) is 15.5. The lowest BCUT2D eigenvalue weighted by Gasteiger charge is -2.14. The van der Waals surface area contributed by atoms with E-state index in [0.717, 1.165) is 0 Å². The second-order valence-corrected chi connectivity index (χ2v) is 12.4. The number of hydrogen-bond acceptors (Lipinski definition) is 1. The fourth-order valence-corrected chi connectivity index (χ4v) is 8.45. The predicted molar refractivity (Wildman–Crippen MR) is 186 cm³/mol. The Bertz CT molecular complexity index is 2720. The van der Waals surface area contributed by atoms with E-state index in [2.05, 4.69) is 155 Å². The molecule has 0 aliphatic carbocycles. The Morgan fingerprint density at radius 3 is 1.49 bits per heavy atom. The normalized spacial score (nSPS) is 12.2. The van der Waals surface area contributed by atoms with Gasteiger partial charge in [0, 0.05) is 53.1 Å². The van der Waals surface area contributed by atoms with Crippen molar-refractivity contribution < 1.29 is 0 Å². The van der Waals surface area contributed by atoms with Crippen molar-refractivity contribution in [1.29, 1.82) is 0 Å². The molecule has 43 heavy (non-hydrogen) atoms. The minimum absolute atomic E-state index is 1.17. The van der Waals surface area contributed by atoms with Crippen LogP contribution in [0.2, 0.25) is 0 Å². The van der Waals surface area contributed by atoms with Crippen LogP contribution < -0.4 is 0 Å². The summed E-state index contributed by atoms with van der Waals surface area (Å²) in [4.78, 5) is 0. The molecule has 10 rings (SSSR count). The van der Waals surface area contributed by atoms with Crippen LogP contribution in [0.1, 0.15) is 0 Å². The minimum Gasteiger partial charge on any atom is -0.307 e. The lowest BCUT2D eigenvalue weighted by atomic mass is 9.98. The highest BCUT2D eigenvalue weighted by atomic mass is 32.1. The number of hydrogen-bond donors (Lipinski definition) is 0. The van der Waals surface area contributed by atoms with Gasteiger partial charge in [-0.05, 0) is 59.3 Å². The average Bonchev–Trinajstić information content (AvgIpc) is 3.73. The van der Waals surface area contributed by atoms with Crippen LogP contribution in [0.15, 0.2) is 146 Å². The minimum atomic E-state index is 1.17. The molecular formula is C40H24N2S. The van der Waals surface area contributed by atoms with Gasteiger partial charge in [0.15, 0.2) is 0 Å². The maximum Gasteiger partial charge on any atom is 0.0795 e. The third-order valence-electron chi connectivity index (χ3n) is 9.07. The molecule has 3 heteroatoms. The van der Waals surface area contributed by atoms with Crippen molar-refractivity contribution in [2.75, 3.05) is 0 Å². The Morgan fingerprint density at radius 2 is 0.837 bits per heavy atom. The van der Waals surface area contributed by atoms with E-state index in [-0.39, 0.29) is 0 Å². The Labute approximate surface area is 251 Å². The number of rotatable bonds is 2. The molecule has 3 heterocycles. The molecule has 10 aromatic rings. The monoisotopic (exact) mass is 564 g/mol. The van der Waals surface area contributed by atoms with Crippen LogP contribution in [0.3, 0.4) is 0 Å². The summed E-state index contributed by atoms with van der Waals surface area (Å²) >= 11 is 1.87. The molecule has 0 fully saturated rings. The number of aromatic nitrogens is 2. The molecule has 0 spiro atoms. The van der Waals surface area contributed by atoms with Gasteiger partial charge in [-0.3, -0.25) is 0 Å². The van der Waals surface area contributed by atoms with E-state index in [1.54, 1.807) is 0 Å². The molecule has 7 aromatic carbocycles. The SMILES string of the molecule is c1ccc(-n2c3ccccc3c3c4ccccc4c4c5ccccc5n(-c5ccc6sc7ccccc7c6c5)c4c32)cc1. The van der Waals surface area contributed by atoms with Crippen LogP contribution in [0.4, 0.5) is 0 Å². The average molecular weight is 565 g/mol. The molecule has 0 amide bonds. The van der Waals surface area contributed by atoms with Gasteiger partial charge in [0.2, 0.25) is 0 Å². The summed E-state index contributed by atoms with van der Waals surface area (Å²) < 4.78 is 7.64. The van der Waals surface area contributed by atoms with Gasteiger partial charge < -0.3 is 9.13 Å². The maximum atomic E-state index is 2.52. The van der Waals surface area contributed by atoms with Gasteiger partial charge in [-0.15, -0.1) is 11.3 Å². The van der Waals surface area contributed by atoms with Crippen LogP contribution in [-0.2, 0) is 0 Å². The summed E-state index contributed by atoms with van der Waals surface area (Å²) in [5.74, 6) is 0. The zero-order valence-electron chi connectivity index (χ0n) is 23.2. The summed E-state index contributed by atoms with van der Waals surface area (Å²) in [6, 6.07) is 53.4. The molecule has 2 nitrogen and oxygen atoms in total. The Morgan fingerprint density at radius 1 is 0.349 bits per heavy atom. The Hall–Kier alpha value is -5.38. The molecule has 0 atom stereocenters. The van der Waals surface area contributed by atoms with Crippen molar-refractivity contribution in [3.05, 3.63) is 146 Å². The second kappa shape index (κ2) is 8.57. The van der Waals surface area contributed by atoms with Gasteiger partial charge in [-0.1, -0.05) is 97.1 Å². The van der Waals surface area contributed by atoms with E-state index in [9.17, 15) is 0 Å². The quantitative estimate of drug-likeness (QED) is 0.198. The van der Waals surface area contributed by atoms with Crippen molar-refractivity contribution in [2.45, 2.75) is 0 Å². The van der Waals surface area contributed by atoms with Crippen LogP contribution in [-0.4, -0.2) is 9.13 Å². The van der Waals surface area contributed by atoms with Crippen molar-refractivity contribution in [1.82, 2.24) is 9.13 Å². The standard InChI is InChI=1S/C40H24N2S/c1-2-12-25(13-3-1)41-33-19-9-6-17-30(33)37-28-15-4-5-16-29(28)38-31-18-7-10-20-34(31)42(40(38)39(37)41)26-22-23-36-32(24-26)27-14-8-11-21-35(27)43-36/h1-24H. The third kappa shape index (κ3) is 3.07.